The van der Waals surface area contributed by atoms with Gasteiger partial charge in [0.1, 0.15) is 0 Å². The molecule has 21 heavy (non-hydrogen) atoms. The smallest absolute Gasteiger partial charge is 0.0110 e. The molecule has 0 aromatic rings. The van der Waals surface area contributed by atoms with Crippen molar-refractivity contribution in [1.29, 1.82) is 0 Å². The van der Waals surface area contributed by atoms with E-state index in [1.54, 1.807) is 0 Å². The second-order valence-electron chi connectivity index (χ2n) is 7.85. The first-order chi connectivity index (χ1) is 10.1. The third-order valence-corrected chi connectivity index (χ3v) is 5.24. The fourth-order valence-corrected chi connectivity index (χ4v) is 4.17. The highest BCUT2D eigenvalue weighted by Crippen LogP contribution is 2.38. The molecule has 1 heterocycles. The van der Waals surface area contributed by atoms with Crippen molar-refractivity contribution in [2.45, 2.75) is 52.9 Å². The van der Waals surface area contributed by atoms with E-state index < -0.39 is 0 Å². The molecule has 0 atom stereocenters. The molecule has 1 saturated carbocycles. The lowest BCUT2D eigenvalue weighted by atomic mass is 9.85. The second kappa shape index (κ2) is 8.50. The van der Waals surface area contributed by atoms with Gasteiger partial charge in [-0.15, -0.1) is 0 Å². The van der Waals surface area contributed by atoms with Crippen LogP contribution in [0.5, 0.6) is 0 Å². The Hall–Kier alpha value is -0.120. The molecule has 124 valence electrons. The van der Waals surface area contributed by atoms with Crippen molar-refractivity contribution in [3.63, 3.8) is 0 Å². The lowest BCUT2D eigenvalue weighted by molar-refractivity contribution is 0.0798. The van der Waals surface area contributed by atoms with Crippen LogP contribution in [-0.4, -0.2) is 62.2 Å². The van der Waals surface area contributed by atoms with Crippen molar-refractivity contribution in [1.82, 2.24) is 15.1 Å². The highest BCUT2D eigenvalue weighted by molar-refractivity contribution is 4.90. The fraction of sp³-hybridized carbons (Fsp3) is 1.00. The first kappa shape index (κ1) is 17.2. The largest absolute Gasteiger partial charge is 0.316 e. The monoisotopic (exact) mass is 295 g/mol. The summed E-state index contributed by atoms with van der Waals surface area (Å²) in [6.45, 7) is 17.1. The zero-order chi connectivity index (χ0) is 15.1. The zero-order valence-electron chi connectivity index (χ0n) is 14.7. The summed E-state index contributed by atoms with van der Waals surface area (Å²) in [6, 6.07) is 0. The zero-order valence-corrected chi connectivity index (χ0v) is 14.7. The van der Waals surface area contributed by atoms with Gasteiger partial charge < -0.3 is 15.1 Å². The van der Waals surface area contributed by atoms with Crippen LogP contribution >= 0.6 is 0 Å². The van der Waals surface area contributed by atoms with Gasteiger partial charge in [-0.05, 0) is 37.1 Å². The van der Waals surface area contributed by atoms with Crippen LogP contribution in [0.25, 0.3) is 0 Å². The third-order valence-electron chi connectivity index (χ3n) is 5.24. The molecule has 1 N–H and O–H groups in total. The quantitative estimate of drug-likeness (QED) is 0.695. The SMILES string of the molecule is CCCNCC1(CN2CCN(CC(C)C)CC2)CCCC1. The van der Waals surface area contributed by atoms with Gasteiger partial charge >= 0.3 is 0 Å². The van der Waals surface area contributed by atoms with Gasteiger partial charge in [0, 0.05) is 45.8 Å². The Kier molecular flexibility index (Phi) is 6.97. The van der Waals surface area contributed by atoms with Gasteiger partial charge in [-0.2, -0.15) is 0 Å². The lowest BCUT2D eigenvalue weighted by Gasteiger charge is -2.41. The van der Waals surface area contributed by atoms with Crippen LogP contribution in [-0.2, 0) is 0 Å². The van der Waals surface area contributed by atoms with E-state index in [9.17, 15) is 0 Å². The maximum absolute atomic E-state index is 3.71. The van der Waals surface area contributed by atoms with Gasteiger partial charge in [-0.3, -0.25) is 0 Å². The number of nitrogens with zero attached hydrogens (tertiary/aromatic N) is 2. The molecule has 0 bridgehead atoms. The fourth-order valence-electron chi connectivity index (χ4n) is 4.17. The average Bonchev–Trinajstić information content (AvgIpc) is 2.90. The molecule has 2 fully saturated rings. The number of rotatable bonds is 8. The van der Waals surface area contributed by atoms with Gasteiger partial charge in [0.25, 0.3) is 0 Å². The summed E-state index contributed by atoms with van der Waals surface area (Å²) in [5, 5.41) is 3.71. The predicted molar refractivity (Wildman–Crippen MR) is 91.8 cm³/mol. The Bertz CT molecular complexity index is 276. The predicted octanol–water partition coefficient (Wildman–Crippen LogP) is 2.82. The van der Waals surface area contributed by atoms with E-state index in [1.807, 2.05) is 0 Å². The summed E-state index contributed by atoms with van der Waals surface area (Å²) in [5.41, 5.74) is 0.579. The highest BCUT2D eigenvalue weighted by atomic mass is 15.3. The Morgan fingerprint density at radius 3 is 2.19 bits per heavy atom. The molecule has 0 amide bonds. The Balaban J connectivity index is 1.76. The van der Waals surface area contributed by atoms with E-state index in [2.05, 4.69) is 35.9 Å². The number of hydrogen-bond acceptors (Lipinski definition) is 3. The normalized spacial score (nSPS) is 24.0. The Labute approximate surface area is 132 Å². The summed E-state index contributed by atoms with van der Waals surface area (Å²) in [4.78, 5) is 5.40. The molecule has 0 aromatic heterocycles. The molecule has 3 nitrogen and oxygen atoms in total. The van der Waals surface area contributed by atoms with E-state index in [0.717, 1.165) is 5.92 Å². The van der Waals surface area contributed by atoms with E-state index in [4.69, 9.17) is 0 Å². The van der Waals surface area contributed by atoms with Crippen molar-refractivity contribution >= 4 is 0 Å². The van der Waals surface area contributed by atoms with Crippen LogP contribution in [0.4, 0.5) is 0 Å². The molecule has 1 aliphatic heterocycles. The Morgan fingerprint density at radius 2 is 1.62 bits per heavy atom. The first-order valence-electron chi connectivity index (χ1n) is 9.29. The van der Waals surface area contributed by atoms with Crippen LogP contribution in [0.3, 0.4) is 0 Å². The molecule has 0 spiro atoms. The van der Waals surface area contributed by atoms with Gasteiger partial charge in [-0.25, -0.2) is 0 Å². The summed E-state index contributed by atoms with van der Waals surface area (Å²) in [7, 11) is 0. The van der Waals surface area contributed by atoms with Crippen molar-refractivity contribution in [3.8, 4) is 0 Å². The molecule has 0 unspecified atom stereocenters. The van der Waals surface area contributed by atoms with Gasteiger partial charge in [0.2, 0.25) is 0 Å². The highest BCUT2D eigenvalue weighted by Gasteiger charge is 2.35. The molecule has 2 aliphatic rings. The maximum atomic E-state index is 3.71. The molecule has 3 heteroatoms. The van der Waals surface area contributed by atoms with Crippen LogP contribution in [0.1, 0.15) is 52.9 Å². The lowest BCUT2D eigenvalue weighted by Crippen LogP contribution is -2.51. The minimum atomic E-state index is 0.579. The third kappa shape index (κ3) is 5.54. The van der Waals surface area contributed by atoms with Crippen LogP contribution in [0, 0.1) is 11.3 Å². The van der Waals surface area contributed by atoms with Crippen molar-refractivity contribution in [2.75, 3.05) is 52.4 Å². The van der Waals surface area contributed by atoms with E-state index >= 15 is 0 Å². The summed E-state index contributed by atoms with van der Waals surface area (Å²) in [5.74, 6) is 0.802. The molecule has 0 aromatic carbocycles. The van der Waals surface area contributed by atoms with Crippen molar-refractivity contribution in [2.24, 2.45) is 11.3 Å². The second-order valence-corrected chi connectivity index (χ2v) is 7.85. The van der Waals surface area contributed by atoms with E-state index in [1.165, 1.54) is 84.5 Å². The van der Waals surface area contributed by atoms with Gasteiger partial charge in [-0.1, -0.05) is 33.6 Å². The Morgan fingerprint density at radius 1 is 1.00 bits per heavy atom. The molecular weight excluding hydrogens is 258 g/mol. The van der Waals surface area contributed by atoms with Crippen LogP contribution < -0.4 is 5.32 Å². The number of piperazine rings is 1. The number of hydrogen-bond donors (Lipinski definition) is 1. The standard InChI is InChI=1S/C18H37N3/c1-4-9-19-15-18(7-5-6-8-18)16-21-12-10-20(11-13-21)14-17(2)3/h17,19H,4-16H2,1-3H3. The molecule has 0 radical (unpaired) electrons. The average molecular weight is 296 g/mol. The minimum Gasteiger partial charge on any atom is -0.316 e. The molecule has 2 rings (SSSR count). The topological polar surface area (TPSA) is 18.5 Å². The maximum Gasteiger partial charge on any atom is 0.0110 e. The van der Waals surface area contributed by atoms with Gasteiger partial charge in [0.15, 0.2) is 0 Å². The van der Waals surface area contributed by atoms with Crippen molar-refractivity contribution < 1.29 is 0 Å². The summed E-state index contributed by atoms with van der Waals surface area (Å²) < 4.78 is 0. The van der Waals surface area contributed by atoms with Gasteiger partial charge in [0.05, 0.1) is 0 Å². The van der Waals surface area contributed by atoms with Crippen molar-refractivity contribution in [3.05, 3.63) is 0 Å². The van der Waals surface area contributed by atoms with Crippen LogP contribution in [0.2, 0.25) is 0 Å². The van der Waals surface area contributed by atoms with E-state index in [-0.39, 0.29) is 0 Å². The first-order valence-corrected chi connectivity index (χ1v) is 9.29. The number of nitrogens with one attached hydrogen (secondary N) is 1. The van der Waals surface area contributed by atoms with E-state index in [0.29, 0.717) is 5.41 Å². The molecule has 1 aliphatic carbocycles. The molecular formula is C18H37N3. The summed E-state index contributed by atoms with van der Waals surface area (Å²) in [6.07, 6.45) is 7.03. The minimum absolute atomic E-state index is 0.579. The van der Waals surface area contributed by atoms with Crippen LogP contribution in [0.15, 0.2) is 0 Å². The molecule has 1 saturated heterocycles. The summed E-state index contributed by atoms with van der Waals surface area (Å²) >= 11 is 0.